The minimum atomic E-state index is 0.664. The second kappa shape index (κ2) is 7.19. The van der Waals surface area contributed by atoms with Crippen LogP contribution in [0.1, 0.15) is 19.8 Å². The number of ether oxygens (including phenoxy) is 1. The molecule has 148 valence electrons. The minimum Gasteiger partial charge on any atom is -0.496 e. The molecule has 0 atom stereocenters. The van der Waals surface area contributed by atoms with E-state index in [0.29, 0.717) is 5.02 Å². The Morgan fingerprint density at radius 3 is 2.66 bits per heavy atom. The standard InChI is InChI=1S/C22H22ClN5O/c1-14-9-11-27(12-10-14)22-24-18-13-15(23)7-8-16(18)20-25-26-21(28(20)22)17-5-3-4-6-19(17)29-2/h3-8,13-14H,9-12H2,1-2H3. The Morgan fingerprint density at radius 1 is 1.07 bits per heavy atom. The van der Waals surface area contributed by atoms with Gasteiger partial charge in [-0.05, 0) is 49.1 Å². The van der Waals surface area contributed by atoms with Crippen LogP contribution in [-0.4, -0.2) is 39.8 Å². The van der Waals surface area contributed by atoms with E-state index >= 15 is 0 Å². The Hall–Kier alpha value is -2.86. The first kappa shape index (κ1) is 18.2. The molecule has 0 unspecified atom stereocenters. The molecule has 4 aromatic rings. The first-order valence-electron chi connectivity index (χ1n) is 9.88. The average molecular weight is 408 g/mol. The molecule has 2 aromatic carbocycles. The third-order valence-corrected chi connectivity index (χ3v) is 5.93. The summed E-state index contributed by atoms with van der Waals surface area (Å²) in [7, 11) is 1.67. The molecule has 0 spiro atoms. The van der Waals surface area contributed by atoms with Crippen LogP contribution in [-0.2, 0) is 0 Å². The number of aromatic nitrogens is 4. The largest absolute Gasteiger partial charge is 0.496 e. The molecule has 29 heavy (non-hydrogen) atoms. The van der Waals surface area contributed by atoms with Crippen molar-refractivity contribution in [2.75, 3.05) is 25.1 Å². The van der Waals surface area contributed by atoms with Crippen LogP contribution >= 0.6 is 11.6 Å². The second-order valence-corrected chi connectivity index (χ2v) is 8.06. The number of hydrogen-bond donors (Lipinski definition) is 0. The van der Waals surface area contributed by atoms with Gasteiger partial charge in [0.1, 0.15) is 5.75 Å². The zero-order valence-electron chi connectivity index (χ0n) is 16.5. The summed E-state index contributed by atoms with van der Waals surface area (Å²) in [6.45, 7) is 4.22. The van der Waals surface area contributed by atoms with Gasteiger partial charge in [0.2, 0.25) is 5.95 Å². The summed E-state index contributed by atoms with van der Waals surface area (Å²) in [5.41, 5.74) is 2.50. The highest BCUT2D eigenvalue weighted by Gasteiger charge is 2.24. The molecule has 0 saturated carbocycles. The van der Waals surface area contributed by atoms with E-state index in [1.54, 1.807) is 7.11 Å². The first-order chi connectivity index (χ1) is 14.2. The van der Waals surface area contributed by atoms with Crippen LogP contribution in [0.4, 0.5) is 5.95 Å². The number of benzene rings is 2. The molecule has 5 rings (SSSR count). The van der Waals surface area contributed by atoms with E-state index in [9.17, 15) is 0 Å². The second-order valence-electron chi connectivity index (χ2n) is 7.63. The Labute approximate surface area is 174 Å². The number of anilines is 1. The quantitative estimate of drug-likeness (QED) is 0.486. The van der Waals surface area contributed by atoms with Gasteiger partial charge < -0.3 is 9.64 Å². The molecule has 0 aliphatic carbocycles. The van der Waals surface area contributed by atoms with Crippen LogP contribution in [0.25, 0.3) is 27.9 Å². The van der Waals surface area contributed by atoms with Gasteiger partial charge in [0.05, 0.1) is 18.2 Å². The van der Waals surface area contributed by atoms with Gasteiger partial charge in [-0.15, -0.1) is 10.2 Å². The maximum absolute atomic E-state index is 6.25. The Morgan fingerprint density at radius 2 is 1.86 bits per heavy atom. The Kier molecular flexibility index (Phi) is 4.51. The number of hydrogen-bond acceptors (Lipinski definition) is 5. The lowest BCUT2D eigenvalue weighted by atomic mass is 9.99. The van der Waals surface area contributed by atoms with Gasteiger partial charge in [0.25, 0.3) is 0 Å². The molecular formula is C22H22ClN5O. The number of piperidine rings is 1. The maximum atomic E-state index is 6.25. The summed E-state index contributed by atoms with van der Waals surface area (Å²) in [4.78, 5) is 7.34. The van der Waals surface area contributed by atoms with Crippen molar-refractivity contribution in [3.05, 3.63) is 47.5 Å². The number of nitrogens with zero attached hydrogens (tertiary/aromatic N) is 5. The zero-order valence-corrected chi connectivity index (χ0v) is 17.2. The van der Waals surface area contributed by atoms with E-state index in [1.807, 2.05) is 42.5 Å². The summed E-state index contributed by atoms with van der Waals surface area (Å²) < 4.78 is 7.65. The van der Waals surface area contributed by atoms with Crippen LogP contribution < -0.4 is 9.64 Å². The summed E-state index contributed by atoms with van der Waals surface area (Å²) >= 11 is 6.25. The van der Waals surface area contributed by atoms with Gasteiger partial charge in [-0.3, -0.25) is 0 Å². The Balaban J connectivity index is 1.81. The fraction of sp³-hybridized carbons (Fsp3) is 0.318. The highest BCUT2D eigenvalue weighted by atomic mass is 35.5. The van der Waals surface area contributed by atoms with Crippen LogP contribution in [0.3, 0.4) is 0 Å². The van der Waals surface area contributed by atoms with Gasteiger partial charge in [-0.1, -0.05) is 30.7 Å². The summed E-state index contributed by atoms with van der Waals surface area (Å²) in [6.07, 6.45) is 2.28. The summed E-state index contributed by atoms with van der Waals surface area (Å²) in [5, 5.41) is 10.7. The van der Waals surface area contributed by atoms with Crippen molar-refractivity contribution >= 4 is 34.1 Å². The molecule has 0 N–H and O–H groups in total. The van der Waals surface area contributed by atoms with Crippen LogP contribution in [0.15, 0.2) is 42.5 Å². The molecule has 1 saturated heterocycles. The fourth-order valence-corrected chi connectivity index (χ4v) is 4.18. The predicted octanol–water partition coefficient (Wildman–Crippen LogP) is 4.84. The van der Waals surface area contributed by atoms with E-state index < -0.39 is 0 Å². The van der Waals surface area contributed by atoms with E-state index in [1.165, 1.54) is 0 Å². The van der Waals surface area contributed by atoms with Crippen molar-refractivity contribution in [1.82, 2.24) is 19.6 Å². The van der Waals surface area contributed by atoms with E-state index in [4.69, 9.17) is 21.3 Å². The molecule has 1 aliphatic rings. The monoisotopic (exact) mass is 407 g/mol. The minimum absolute atomic E-state index is 0.664. The van der Waals surface area contributed by atoms with Gasteiger partial charge in [0, 0.05) is 23.5 Å². The van der Waals surface area contributed by atoms with Crippen molar-refractivity contribution < 1.29 is 4.74 Å². The van der Waals surface area contributed by atoms with Crippen molar-refractivity contribution in [2.24, 2.45) is 5.92 Å². The number of para-hydroxylation sites is 1. The number of methoxy groups -OCH3 is 1. The van der Waals surface area contributed by atoms with Crippen molar-refractivity contribution in [3.8, 4) is 17.1 Å². The predicted molar refractivity (Wildman–Crippen MR) is 116 cm³/mol. The smallest absolute Gasteiger partial charge is 0.213 e. The van der Waals surface area contributed by atoms with Crippen LogP contribution in [0.5, 0.6) is 5.75 Å². The molecule has 1 fully saturated rings. The highest BCUT2D eigenvalue weighted by molar-refractivity contribution is 6.31. The molecule has 2 aromatic heterocycles. The molecular weight excluding hydrogens is 386 g/mol. The number of halogens is 1. The van der Waals surface area contributed by atoms with Crippen molar-refractivity contribution in [2.45, 2.75) is 19.8 Å². The third-order valence-electron chi connectivity index (χ3n) is 5.70. The fourth-order valence-electron chi connectivity index (χ4n) is 4.02. The van der Waals surface area contributed by atoms with Crippen LogP contribution in [0.2, 0.25) is 5.02 Å². The molecule has 1 aliphatic heterocycles. The maximum Gasteiger partial charge on any atom is 0.213 e. The van der Waals surface area contributed by atoms with Crippen LogP contribution in [0, 0.1) is 5.92 Å². The third kappa shape index (κ3) is 3.08. The van der Waals surface area contributed by atoms with E-state index in [2.05, 4.69) is 26.4 Å². The average Bonchev–Trinajstić information content (AvgIpc) is 3.18. The van der Waals surface area contributed by atoms with Crippen molar-refractivity contribution in [1.29, 1.82) is 0 Å². The molecule has 0 radical (unpaired) electrons. The number of rotatable bonds is 3. The highest BCUT2D eigenvalue weighted by Crippen LogP contribution is 2.34. The molecule has 7 heteroatoms. The Bertz CT molecular complexity index is 1200. The topological polar surface area (TPSA) is 55.6 Å². The van der Waals surface area contributed by atoms with Gasteiger partial charge in [-0.2, -0.15) is 0 Å². The van der Waals surface area contributed by atoms with Crippen molar-refractivity contribution in [3.63, 3.8) is 0 Å². The lowest BCUT2D eigenvalue weighted by molar-refractivity contribution is 0.416. The molecule has 0 amide bonds. The summed E-state index contributed by atoms with van der Waals surface area (Å²) in [6, 6.07) is 13.6. The normalized spacial score (nSPS) is 15.3. The lowest BCUT2D eigenvalue weighted by Gasteiger charge is -2.31. The molecule has 6 nitrogen and oxygen atoms in total. The number of fused-ring (bicyclic) bond motifs is 3. The zero-order chi connectivity index (χ0) is 20.0. The first-order valence-corrected chi connectivity index (χ1v) is 10.3. The SMILES string of the molecule is COc1ccccc1-c1nnc2c3ccc(Cl)cc3nc(N3CCC(C)CC3)n12. The van der Waals surface area contributed by atoms with E-state index in [0.717, 1.165) is 71.5 Å². The molecule has 3 heterocycles. The van der Waals surface area contributed by atoms with Gasteiger partial charge >= 0.3 is 0 Å². The lowest BCUT2D eigenvalue weighted by Crippen LogP contribution is -2.34. The summed E-state index contributed by atoms with van der Waals surface area (Å²) in [5.74, 6) is 3.07. The van der Waals surface area contributed by atoms with Gasteiger partial charge in [-0.25, -0.2) is 9.38 Å². The van der Waals surface area contributed by atoms with Gasteiger partial charge in [0.15, 0.2) is 11.5 Å². The van der Waals surface area contributed by atoms with E-state index in [-0.39, 0.29) is 0 Å². The molecule has 0 bridgehead atoms.